The first-order valence-corrected chi connectivity index (χ1v) is 11.2. The third-order valence-corrected chi connectivity index (χ3v) is 6.74. The normalized spacial score (nSPS) is 15.6. The Bertz CT molecular complexity index is 1030. The zero-order chi connectivity index (χ0) is 22.7. The lowest BCUT2D eigenvalue weighted by Crippen LogP contribution is -2.52. The SMILES string of the molecule is Cc1cc(NC(=O)c2ccc(F)cc2Cl)sc1C(=O)N1CCN(C(C#N)C(C)C)CC1. The van der Waals surface area contributed by atoms with E-state index in [1.165, 1.54) is 23.5 Å². The number of hydrogen-bond acceptors (Lipinski definition) is 5. The molecule has 1 unspecified atom stereocenters. The van der Waals surface area contributed by atoms with Crippen LogP contribution in [0.25, 0.3) is 0 Å². The van der Waals surface area contributed by atoms with Crippen molar-refractivity contribution in [1.29, 1.82) is 5.26 Å². The molecule has 1 N–H and O–H groups in total. The van der Waals surface area contributed by atoms with Gasteiger partial charge in [-0.3, -0.25) is 14.5 Å². The van der Waals surface area contributed by atoms with Crippen LogP contribution in [0.4, 0.5) is 9.39 Å². The molecule has 9 heteroatoms. The molecule has 2 amide bonds. The van der Waals surface area contributed by atoms with Gasteiger partial charge in [0.2, 0.25) is 0 Å². The van der Waals surface area contributed by atoms with Crippen molar-refractivity contribution < 1.29 is 14.0 Å². The van der Waals surface area contributed by atoms with Crippen molar-refractivity contribution in [3.63, 3.8) is 0 Å². The first-order chi connectivity index (χ1) is 14.7. The third-order valence-electron chi connectivity index (χ3n) is 5.28. The van der Waals surface area contributed by atoms with Crippen molar-refractivity contribution in [2.75, 3.05) is 31.5 Å². The molecule has 1 atom stereocenters. The van der Waals surface area contributed by atoms with Crippen LogP contribution in [-0.2, 0) is 0 Å². The predicted molar refractivity (Wildman–Crippen MR) is 120 cm³/mol. The van der Waals surface area contributed by atoms with Crippen molar-refractivity contribution in [2.24, 2.45) is 5.92 Å². The fraction of sp³-hybridized carbons (Fsp3) is 0.409. The molecule has 0 bridgehead atoms. The van der Waals surface area contributed by atoms with Crippen LogP contribution in [-0.4, -0.2) is 53.8 Å². The van der Waals surface area contributed by atoms with E-state index in [0.717, 1.165) is 11.6 Å². The molecule has 1 saturated heterocycles. The van der Waals surface area contributed by atoms with Gasteiger partial charge in [-0.25, -0.2) is 4.39 Å². The molecule has 6 nitrogen and oxygen atoms in total. The van der Waals surface area contributed by atoms with E-state index in [1.807, 2.05) is 20.8 Å². The number of halogens is 2. The molecule has 0 radical (unpaired) electrons. The zero-order valence-corrected chi connectivity index (χ0v) is 19.2. The molecule has 1 fully saturated rings. The molecule has 2 aromatic rings. The lowest BCUT2D eigenvalue weighted by atomic mass is 10.0. The molecule has 1 aromatic heterocycles. The number of rotatable bonds is 5. The number of piperazine rings is 1. The van der Waals surface area contributed by atoms with Gasteiger partial charge in [0.15, 0.2) is 0 Å². The second kappa shape index (κ2) is 9.77. The van der Waals surface area contributed by atoms with E-state index in [4.69, 9.17) is 11.6 Å². The lowest BCUT2D eigenvalue weighted by molar-refractivity contribution is 0.0580. The van der Waals surface area contributed by atoms with Crippen molar-refractivity contribution in [3.05, 3.63) is 51.1 Å². The first kappa shape index (κ1) is 23.2. The number of hydrogen-bond donors (Lipinski definition) is 1. The summed E-state index contributed by atoms with van der Waals surface area (Å²) in [5.41, 5.74) is 0.935. The van der Waals surface area contributed by atoms with Crippen LogP contribution >= 0.6 is 22.9 Å². The zero-order valence-electron chi connectivity index (χ0n) is 17.6. The molecular weight excluding hydrogens is 439 g/mol. The molecule has 1 aliphatic heterocycles. The molecule has 164 valence electrons. The van der Waals surface area contributed by atoms with Crippen LogP contribution in [0.1, 0.15) is 39.4 Å². The van der Waals surface area contributed by atoms with Gasteiger partial charge in [0.25, 0.3) is 11.8 Å². The fourth-order valence-electron chi connectivity index (χ4n) is 3.61. The first-order valence-electron chi connectivity index (χ1n) is 10.0. The summed E-state index contributed by atoms with van der Waals surface area (Å²) in [6.45, 7) is 8.27. The smallest absolute Gasteiger partial charge is 0.264 e. The van der Waals surface area contributed by atoms with E-state index in [2.05, 4.69) is 16.3 Å². The molecule has 0 spiro atoms. The van der Waals surface area contributed by atoms with E-state index in [9.17, 15) is 19.2 Å². The minimum absolute atomic E-state index is 0.0250. The van der Waals surface area contributed by atoms with E-state index in [-0.39, 0.29) is 28.5 Å². The number of anilines is 1. The van der Waals surface area contributed by atoms with Crippen LogP contribution in [0, 0.1) is 30.0 Å². The fourth-order valence-corrected chi connectivity index (χ4v) is 4.90. The summed E-state index contributed by atoms with van der Waals surface area (Å²) in [6.07, 6.45) is 0. The maximum atomic E-state index is 13.2. The van der Waals surface area contributed by atoms with Gasteiger partial charge in [-0.2, -0.15) is 5.26 Å². The predicted octanol–water partition coefficient (Wildman–Crippen LogP) is 4.41. The molecule has 3 rings (SSSR count). The third kappa shape index (κ3) is 5.24. The molecule has 2 heterocycles. The summed E-state index contributed by atoms with van der Waals surface area (Å²) < 4.78 is 13.2. The number of thiophene rings is 1. The standard InChI is InChI=1S/C22H24ClFN4O2S/c1-13(2)18(12-25)27-6-8-28(9-7-27)22(30)20-14(3)10-19(31-20)26-21(29)16-5-4-15(24)11-17(16)23/h4-5,10-11,13,18H,6-9H2,1-3H3,(H,26,29). The average molecular weight is 463 g/mol. The van der Waals surface area contributed by atoms with Crippen molar-refractivity contribution >= 4 is 39.8 Å². The van der Waals surface area contributed by atoms with Crippen molar-refractivity contribution in [3.8, 4) is 6.07 Å². The minimum Gasteiger partial charge on any atom is -0.335 e. The second-order valence-electron chi connectivity index (χ2n) is 7.85. The summed E-state index contributed by atoms with van der Waals surface area (Å²) in [4.78, 5) is 30.0. The molecular formula is C22H24ClFN4O2S. The molecule has 1 aromatic carbocycles. The van der Waals surface area contributed by atoms with Crippen molar-refractivity contribution in [1.82, 2.24) is 9.80 Å². The maximum absolute atomic E-state index is 13.2. The summed E-state index contributed by atoms with van der Waals surface area (Å²) in [5.74, 6) is -0.834. The maximum Gasteiger partial charge on any atom is 0.264 e. The van der Waals surface area contributed by atoms with E-state index in [1.54, 1.807) is 11.0 Å². The van der Waals surface area contributed by atoms with Crippen molar-refractivity contribution in [2.45, 2.75) is 26.8 Å². The number of carbonyl (C=O) groups is 2. The Morgan fingerprint density at radius 3 is 2.48 bits per heavy atom. The largest absolute Gasteiger partial charge is 0.335 e. The topological polar surface area (TPSA) is 76.4 Å². The van der Waals surface area contributed by atoms with Crippen LogP contribution in [0.2, 0.25) is 5.02 Å². The van der Waals surface area contributed by atoms with E-state index < -0.39 is 11.7 Å². The highest BCUT2D eigenvalue weighted by atomic mass is 35.5. The van der Waals surface area contributed by atoms with Gasteiger partial charge in [0, 0.05) is 26.2 Å². The quantitative estimate of drug-likeness (QED) is 0.714. The number of nitriles is 1. The molecule has 31 heavy (non-hydrogen) atoms. The number of benzene rings is 1. The Balaban J connectivity index is 1.66. The van der Waals surface area contributed by atoms with Gasteiger partial charge >= 0.3 is 0 Å². The number of aryl methyl sites for hydroxylation is 1. The van der Waals surface area contributed by atoms with Gasteiger partial charge in [-0.05, 0) is 42.7 Å². The average Bonchev–Trinajstić information content (AvgIpc) is 3.08. The number of nitrogens with one attached hydrogen (secondary N) is 1. The lowest BCUT2D eigenvalue weighted by Gasteiger charge is -2.38. The molecule has 1 aliphatic rings. The Labute approximate surface area is 190 Å². The minimum atomic E-state index is -0.518. The van der Waals surface area contributed by atoms with Crippen LogP contribution in [0.15, 0.2) is 24.3 Å². The molecule has 0 aliphatic carbocycles. The van der Waals surface area contributed by atoms with Gasteiger partial charge < -0.3 is 10.2 Å². The summed E-state index contributed by atoms with van der Waals surface area (Å²) >= 11 is 7.16. The Morgan fingerprint density at radius 2 is 1.90 bits per heavy atom. The highest BCUT2D eigenvalue weighted by molar-refractivity contribution is 7.18. The van der Waals surface area contributed by atoms with Crippen LogP contribution in [0.5, 0.6) is 0 Å². The summed E-state index contributed by atoms with van der Waals surface area (Å²) in [7, 11) is 0. The second-order valence-corrected chi connectivity index (χ2v) is 9.31. The van der Waals surface area contributed by atoms with Gasteiger partial charge in [-0.1, -0.05) is 25.4 Å². The van der Waals surface area contributed by atoms with E-state index >= 15 is 0 Å². The van der Waals surface area contributed by atoms with E-state index in [0.29, 0.717) is 36.1 Å². The van der Waals surface area contributed by atoms with Gasteiger partial charge in [-0.15, -0.1) is 11.3 Å². The van der Waals surface area contributed by atoms with Crippen LogP contribution < -0.4 is 5.32 Å². The summed E-state index contributed by atoms with van der Waals surface area (Å²) in [6, 6.07) is 7.52. The number of amides is 2. The number of carbonyl (C=O) groups excluding carboxylic acids is 2. The van der Waals surface area contributed by atoms with Crippen LogP contribution in [0.3, 0.4) is 0 Å². The monoisotopic (exact) mass is 462 g/mol. The Morgan fingerprint density at radius 1 is 1.23 bits per heavy atom. The Hall–Kier alpha value is -2.47. The van der Waals surface area contributed by atoms with Gasteiger partial charge in [0.05, 0.1) is 26.5 Å². The van der Waals surface area contributed by atoms with Gasteiger partial charge in [0.1, 0.15) is 11.9 Å². The Kier molecular flexibility index (Phi) is 7.31. The highest BCUT2D eigenvalue weighted by Gasteiger charge is 2.29. The number of nitrogens with zero attached hydrogens (tertiary/aromatic N) is 3. The highest BCUT2D eigenvalue weighted by Crippen LogP contribution is 2.29. The summed E-state index contributed by atoms with van der Waals surface area (Å²) in [5, 5.41) is 12.7. The molecule has 0 saturated carbocycles.